The third-order valence-corrected chi connectivity index (χ3v) is 12.7. The highest BCUT2D eigenvalue weighted by Gasteiger charge is 2.50. The number of ether oxygens (including phenoxy) is 2. The SMILES string of the molecule is COc1ccc([C@]2(CCO[Si](c3ccccc3)(c3ccccc3)C(C)(C)C)C=CC(=O)CC2)cc1OC. The summed E-state index contributed by atoms with van der Waals surface area (Å²) in [6.07, 6.45) is 5.83. The van der Waals surface area contributed by atoms with Crippen LogP contribution in [0.15, 0.2) is 91.0 Å². The molecule has 4 rings (SSSR count). The second kappa shape index (κ2) is 11.1. The Labute approximate surface area is 222 Å². The van der Waals surface area contributed by atoms with Crippen molar-refractivity contribution in [3.8, 4) is 11.5 Å². The van der Waals surface area contributed by atoms with Crippen LogP contribution in [-0.2, 0) is 14.6 Å². The first-order valence-corrected chi connectivity index (χ1v) is 14.9. The Bertz CT molecular complexity index is 1190. The van der Waals surface area contributed by atoms with E-state index >= 15 is 0 Å². The number of hydrogen-bond acceptors (Lipinski definition) is 4. The second-order valence-electron chi connectivity index (χ2n) is 10.8. The van der Waals surface area contributed by atoms with Crippen LogP contribution in [-0.4, -0.2) is 34.9 Å². The minimum atomic E-state index is -2.65. The summed E-state index contributed by atoms with van der Waals surface area (Å²) in [5.41, 5.74) is 0.790. The zero-order valence-corrected chi connectivity index (χ0v) is 23.6. The molecule has 0 aromatic heterocycles. The molecule has 1 aliphatic rings. The summed E-state index contributed by atoms with van der Waals surface area (Å²) in [6.45, 7) is 7.45. The lowest BCUT2D eigenvalue weighted by Crippen LogP contribution is -2.66. The molecule has 4 nitrogen and oxygen atoms in total. The predicted molar refractivity (Wildman–Crippen MR) is 153 cm³/mol. The number of hydrogen-bond donors (Lipinski definition) is 0. The van der Waals surface area contributed by atoms with E-state index in [4.69, 9.17) is 13.9 Å². The maximum absolute atomic E-state index is 12.2. The van der Waals surface area contributed by atoms with Gasteiger partial charge in [-0.25, -0.2) is 0 Å². The van der Waals surface area contributed by atoms with Crippen LogP contribution >= 0.6 is 0 Å². The number of allylic oxidation sites excluding steroid dienone is 2. The Kier molecular flexibility index (Phi) is 8.05. The van der Waals surface area contributed by atoms with Gasteiger partial charge in [-0.2, -0.15) is 0 Å². The number of carbonyl (C=O) groups is 1. The third kappa shape index (κ3) is 5.29. The summed E-state index contributed by atoms with van der Waals surface area (Å²) in [6, 6.07) is 27.5. The van der Waals surface area contributed by atoms with Crippen molar-refractivity contribution < 1.29 is 18.7 Å². The van der Waals surface area contributed by atoms with Gasteiger partial charge >= 0.3 is 0 Å². The van der Waals surface area contributed by atoms with Crippen molar-refractivity contribution in [2.75, 3.05) is 20.8 Å². The van der Waals surface area contributed by atoms with Gasteiger partial charge in [-0.15, -0.1) is 0 Å². The maximum Gasteiger partial charge on any atom is 0.261 e. The number of methoxy groups -OCH3 is 2. The van der Waals surface area contributed by atoms with Crippen molar-refractivity contribution in [1.82, 2.24) is 0 Å². The van der Waals surface area contributed by atoms with Crippen molar-refractivity contribution >= 4 is 24.5 Å². The summed E-state index contributed by atoms with van der Waals surface area (Å²) >= 11 is 0. The van der Waals surface area contributed by atoms with Gasteiger partial charge in [0.05, 0.1) is 14.2 Å². The Hall–Kier alpha value is -3.15. The zero-order valence-electron chi connectivity index (χ0n) is 22.6. The van der Waals surface area contributed by atoms with E-state index in [1.807, 2.05) is 12.1 Å². The van der Waals surface area contributed by atoms with Gasteiger partial charge in [0.1, 0.15) is 0 Å². The van der Waals surface area contributed by atoms with Crippen LogP contribution in [0.5, 0.6) is 11.5 Å². The van der Waals surface area contributed by atoms with Gasteiger partial charge in [0.25, 0.3) is 8.32 Å². The molecule has 0 bridgehead atoms. The Balaban J connectivity index is 1.74. The van der Waals surface area contributed by atoms with E-state index in [0.29, 0.717) is 24.5 Å². The van der Waals surface area contributed by atoms with Gasteiger partial charge in [-0.05, 0) is 52.0 Å². The Morgan fingerprint density at radius 2 is 1.43 bits per heavy atom. The van der Waals surface area contributed by atoms with E-state index in [2.05, 4.69) is 93.6 Å². The molecule has 0 amide bonds. The molecule has 0 saturated heterocycles. The van der Waals surface area contributed by atoms with Crippen molar-refractivity contribution in [2.45, 2.75) is 50.5 Å². The molecule has 1 atom stereocenters. The summed E-state index contributed by atoms with van der Waals surface area (Å²) in [4.78, 5) is 12.2. The van der Waals surface area contributed by atoms with Crippen LogP contribution in [0.2, 0.25) is 5.04 Å². The fraction of sp³-hybridized carbons (Fsp3) is 0.344. The average molecular weight is 515 g/mol. The third-order valence-electron chi connectivity index (χ3n) is 7.65. The molecule has 0 N–H and O–H groups in total. The van der Waals surface area contributed by atoms with Crippen LogP contribution in [0.3, 0.4) is 0 Å². The highest BCUT2D eigenvalue weighted by atomic mass is 28.4. The first-order chi connectivity index (χ1) is 17.8. The zero-order chi connectivity index (χ0) is 26.5. The van der Waals surface area contributed by atoms with Crippen LogP contribution < -0.4 is 19.8 Å². The van der Waals surface area contributed by atoms with E-state index < -0.39 is 8.32 Å². The van der Waals surface area contributed by atoms with Crippen LogP contribution in [0, 0.1) is 0 Å². The molecule has 1 aliphatic carbocycles. The number of benzene rings is 3. The second-order valence-corrected chi connectivity index (χ2v) is 15.1. The molecule has 3 aromatic carbocycles. The molecular weight excluding hydrogens is 476 g/mol. The lowest BCUT2D eigenvalue weighted by Gasteiger charge is -2.44. The van der Waals surface area contributed by atoms with Gasteiger partial charge in [-0.3, -0.25) is 4.79 Å². The highest BCUT2D eigenvalue weighted by Crippen LogP contribution is 2.42. The van der Waals surface area contributed by atoms with Crippen molar-refractivity contribution in [3.05, 3.63) is 96.6 Å². The number of carbonyl (C=O) groups excluding carboxylic acids is 1. The first-order valence-electron chi connectivity index (χ1n) is 13.0. The van der Waals surface area contributed by atoms with Gasteiger partial charge in [0.15, 0.2) is 17.3 Å². The highest BCUT2D eigenvalue weighted by molar-refractivity contribution is 6.99. The van der Waals surface area contributed by atoms with Gasteiger partial charge in [0.2, 0.25) is 0 Å². The molecule has 0 saturated carbocycles. The standard InChI is InChI=1S/C32H38O4Si/c1-31(2,3)37(27-12-8-6-9-13-27,28-14-10-7-11-15-28)36-23-22-32(20-18-26(33)19-21-32)25-16-17-29(34-4)30(24-25)35-5/h6-18,20,24H,19,21-23H2,1-5H3/t32-/m1/s1. The molecule has 0 unspecified atom stereocenters. The molecule has 3 aromatic rings. The lowest BCUT2D eigenvalue weighted by molar-refractivity contribution is -0.115. The lowest BCUT2D eigenvalue weighted by atomic mass is 9.71. The monoisotopic (exact) mass is 514 g/mol. The van der Waals surface area contributed by atoms with Crippen molar-refractivity contribution in [2.24, 2.45) is 0 Å². The first kappa shape index (κ1) is 26.9. The maximum atomic E-state index is 12.2. The van der Waals surface area contributed by atoms with Crippen LogP contribution in [0.4, 0.5) is 0 Å². The van der Waals surface area contributed by atoms with E-state index in [0.717, 1.165) is 18.4 Å². The molecule has 194 valence electrons. The normalized spacial score (nSPS) is 18.0. The summed E-state index contributed by atoms with van der Waals surface area (Å²) in [5, 5.41) is 2.44. The Morgan fingerprint density at radius 1 is 0.838 bits per heavy atom. The van der Waals surface area contributed by atoms with E-state index in [9.17, 15) is 4.79 Å². The minimum absolute atomic E-state index is 0.0927. The van der Waals surface area contributed by atoms with E-state index in [1.54, 1.807) is 20.3 Å². The predicted octanol–water partition coefficient (Wildman–Crippen LogP) is 5.83. The molecule has 0 radical (unpaired) electrons. The van der Waals surface area contributed by atoms with E-state index in [-0.39, 0.29) is 16.2 Å². The minimum Gasteiger partial charge on any atom is -0.493 e. The summed E-state index contributed by atoms with van der Waals surface area (Å²) in [7, 11) is 0.647. The van der Waals surface area contributed by atoms with Crippen molar-refractivity contribution in [3.63, 3.8) is 0 Å². The number of ketones is 1. The molecule has 0 aliphatic heterocycles. The fourth-order valence-corrected chi connectivity index (χ4v) is 10.2. The average Bonchev–Trinajstić information content (AvgIpc) is 2.92. The topological polar surface area (TPSA) is 44.8 Å². The molecular formula is C32H38O4Si. The molecule has 5 heteroatoms. The summed E-state index contributed by atoms with van der Waals surface area (Å²) in [5.74, 6) is 1.56. The van der Waals surface area contributed by atoms with Gasteiger partial charge in [-0.1, -0.05) is 93.6 Å². The number of rotatable bonds is 9. The van der Waals surface area contributed by atoms with Crippen LogP contribution in [0.1, 0.15) is 45.6 Å². The largest absolute Gasteiger partial charge is 0.493 e. The van der Waals surface area contributed by atoms with E-state index in [1.165, 1.54) is 10.4 Å². The van der Waals surface area contributed by atoms with Crippen LogP contribution in [0.25, 0.3) is 0 Å². The smallest absolute Gasteiger partial charge is 0.261 e. The fourth-order valence-electron chi connectivity index (χ4n) is 5.65. The quantitative estimate of drug-likeness (QED) is 0.337. The molecule has 0 spiro atoms. The summed E-state index contributed by atoms with van der Waals surface area (Å²) < 4.78 is 18.3. The van der Waals surface area contributed by atoms with Gasteiger partial charge in [0, 0.05) is 18.4 Å². The molecule has 37 heavy (non-hydrogen) atoms. The molecule has 0 heterocycles. The molecule has 0 fully saturated rings. The Morgan fingerprint density at radius 3 is 1.92 bits per heavy atom. The van der Waals surface area contributed by atoms with Gasteiger partial charge < -0.3 is 13.9 Å². The van der Waals surface area contributed by atoms with Crippen molar-refractivity contribution in [1.29, 1.82) is 0 Å².